The van der Waals surface area contributed by atoms with E-state index in [2.05, 4.69) is 13.8 Å². The molecule has 0 spiro atoms. The zero-order chi connectivity index (χ0) is 21.9. The fourth-order valence-electron chi connectivity index (χ4n) is 3.98. The zero-order valence-corrected chi connectivity index (χ0v) is 18.2. The highest BCUT2D eigenvalue weighted by Gasteiger charge is 2.18. The normalized spacial score (nSPS) is 10.9. The Balaban J connectivity index is 2.47. The van der Waals surface area contributed by atoms with Crippen LogP contribution in [-0.2, 0) is 12.8 Å². The minimum absolute atomic E-state index is 0.255. The van der Waals surface area contributed by atoms with Gasteiger partial charge in [-0.15, -0.1) is 0 Å². The van der Waals surface area contributed by atoms with Gasteiger partial charge in [-0.05, 0) is 66.1 Å². The van der Waals surface area contributed by atoms with E-state index in [0.717, 1.165) is 80.0 Å². The number of carboxylic acids is 2. The molecule has 4 nitrogen and oxygen atoms in total. The Bertz CT molecular complexity index is 837. The van der Waals surface area contributed by atoms with Gasteiger partial charge in [0, 0.05) is 0 Å². The minimum atomic E-state index is -0.945. The maximum atomic E-state index is 11.9. The van der Waals surface area contributed by atoms with Gasteiger partial charge in [-0.3, -0.25) is 0 Å². The SMILES string of the molecule is CCCCCCc1c(C(=O)O)ccc(-c2ccc(C(=O)O)cc2)c1CCCCCC. The van der Waals surface area contributed by atoms with Crippen LogP contribution in [0, 0.1) is 0 Å². The molecule has 4 heteroatoms. The van der Waals surface area contributed by atoms with E-state index in [0.29, 0.717) is 5.56 Å². The molecule has 0 saturated heterocycles. The molecule has 0 aliphatic rings. The highest BCUT2D eigenvalue weighted by molar-refractivity contribution is 5.92. The molecular weight excluding hydrogens is 376 g/mol. The number of aromatic carboxylic acids is 2. The first-order valence-electron chi connectivity index (χ1n) is 11.2. The molecule has 0 aliphatic heterocycles. The summed E-state index contributed by atoms with van der Waals surface area (Å²) in [6, 6.07) is 10.5. The molecule has 2 N–H and O–H groups in total. The van der Waals surface area contributed by atoms with E-state index in [1.165, 1.54) is 6.42 Å². The summed E-state index contributed by atoms with van der Waals surface area (Å²) < 4.78 is 0. The summed E-state index contributed by atoms with van der Waals surface area (Å²) in [5, 5.41) is 19.0. The zero-order valence-electron chi connectivity index (χ0n) is 18.2. The third-order valence-corrected chi connectivity index (χ3v) is 5.67. The molecule has 162 valence electrons. The number of carboxylic acid groups (broad SMARTS) is 2. The Morgan fingerprint density at radius 3 is 1.73 bits per heavy atom. The van der Waals surface area contributed by atoms with E-state index < -0.39 is 11.9 Å². The molecule has 0 saturated carbocycles. The maximum absolute atomic E-state index is 11.9. The lowest BCUT2D eigenvalue weighted by molar-refractivity contribution is 0.0685. The summed E-state index contributed by atoms with van der Waals surface area (Å²) in [5.74, 6) is -1.82. The molecule has 2 rings (SSSR count). The van der Waals surface area contributed by atoms with Gasteiger partial charge in [0.2, 0.25) is 0 Å². The van der Waals surface area contributed by atoms with Crippen LogP contribution < -0.4 is 0 Å². The van der Waals surface area contributed by atoms with Crippen LogP contribution in [0.2, 0.25) is 0 Å². The van der Waals surface area contributed by atoms with Crippen LogP contribution in [0.1, 0.15) is 97.1 Å². The molecule has 0 unspecified atom stereocenters. The van der Waals surface area contributed by atoms with Crippen molar-refractivity contribution in [2.45, 2.75) is 78.1 Å². The van der Waals surface area contributed by atoms with E-state index in [1.54, 1.807) is 18.2 Å². The quantitative estimate of drug-likeness (QED) is 0.349. The van der Waals surface area contributed by atoms with Crippen LogP contribution in [0.5, 0.6) is 0 Å². The summed E-state index contributed by atoms with van der Waals surface area (Å²) in [5.41, 5.74) is 4.70. The largest absolute Gasteiger partial charge is 0.478 e. The second-order valence-electron chi connectivity index (χ2n) is 7.93. The van der Waals surface area contributed by atoms with Gasteiger partial charge in [0.1, 0.15) is 0 Å². The van der Waals surface area contributed by atoms with Crippen molar-refractivity contribution in [3.8, 4) is 11.1 Å². The Labute approximate surface area is 180 Å². The standard InChI is InChI=1S/C26H34O4/c1-3-5-7-9-11-22-21(19-13-15-20(16-14-19)25(27)28)17-18-24(26(29)30)23(22)12-10-8-6-4-2/h13-18H,3-12H2,1-2H3,(H,27,28)(H,29,30). The summed E-state index contributed by atoms with van der Waals surface area (Å²) in [6.07, 6.45) is 10.5. The summed E-state index contributed by atoms with van der Waals surface area (Å²) in [4.78, 5) is 23.1. The van der Waals surface area contributed by atoms with Gasteiger partial charge in [0.15, 0.2) is 0 Å². The molecule has 30 heavy (non-hydrogen) atoms. The fourth-order valence-corrected chi connectivity index (χ4v) is 3.98. The number of hydrogen-bond acceptors (Lipinski definition) is 2. The lowest BCUT2D eigenvalue weighted by Gasteiger charge is -2.18. The number of carbonyl (C=O) groups is 2. The van der Waals surface area contributed by atoms with Crippen LogP contribution in [0.25, 0.3) is 11.1 Å². The minimum Gasteiger partial charge on any atom is -0.478 e. The summed E-state index contributed by atoms with van der Waals surface area (Å²) in [7, 11) is 0. The first-order valence-corrected chi connectivity index (χ1v) is 11.2. The van der Waals surface area contributed by atoms with Gasteiger partial charge in [0.25, 0.3) is 0 Å². The van der Waals surface area contributed by atoms with E-state index in [1.807, 2.05) is 18.2 Å². The molecule has 2 aromatic carbocycles. The topological polar surface area (TPSA) is 74.6 Å². The molecule has 0 fully saturated rings. The third kappa shape index (κ3) is 6.45. The van der Waals surface area contributed by atoms with Crippen molar-refractivity contribution in [2.75, 3.05) is 0 Å². The van der Waals surface area contributed by atoms with E-state index in [9.17, 15) is 19.8 Å². The van der Waals surface area contributed by atoms with Gasteiger partial charge in [-0.2, -0.15) is 0 Å². The summed E-state index contributed by atoms with van der Waals surface area (Å²) >= 11 is 0. The average molecular weight is 411 g/mol. The van der Waals surface area contributed by atoms with Crippen LogP contribution >= 0.6 is 0 Å². The Kier molecular flexibility index (Phi) is 9.59. The van der Waals surface area contributed by atoms with Crippen molar-refractivity contribution in [1.82, 2.24) is 0 Å². The van der Waals surface area contributed by atoms with Gasteiger partial charge in [-0.1, -0.05) is 70.6 Å². The van der Waals surface area contributed by atoms with Crippen LogP contribution in [0.3, 0.4) is 0 Å². The molecule has 0 aliphatic carbocycles. The number of unbranched alkanes of at least 4 members (excludes halogenated alkanes) is 6. The van der Waals surface area contributed by atoms with Crippen molar-refractivity contribution in [1.29, 1.82) is 0 Å². The van der Waals surface area contributed by atoms with Crippen LogP contribution in [0.4, 0.5) is 0 Å². The van der Waals surface area contributed by atoms with E-state index in [4.69, 9.17) is 0 Å². The van der Waals surface area contributed by atoms with Crippen molar-refractivity contribution in [3.63, 3.8) is 0 Å². The van der Waals surface area contributed by atoms with Crippen molar-refractivity contribution >= 4 is 11.9 Å². The Morgan fingerprint density at radius 2 is 1.23 bits per heavy atom. The van der Waals surface area contributed by atoms with Crippen LogP contribution in [0.15, 0.2) is 36.4 Å². The second kappa shape index (κ2) is 12.2. The highest BCUT2D eigenvalue weighted by Crippen LogP contribution is 2.32. The molecule has 0 aromatic heterocycles. The van der Waals surface area contributed by atoms with Crippen molar-refractivity contribution in [3.05, 3.63) is 58.7 Å². The number of rotatable bonds is 13. The first kappa shape index (κ1) is 23.7. The van der Waals surface area contributed by atoms with Gasteiger partial charge < -0.3 is 10.2 Å². The molecule has 0 radical (unpaired) electrons. The monoisotopic (exact) mass is 410 g/mol. The molecule has 2 aromatic rings. The molecule has 0 atom stereocenters. The molecule has 0 bridgehead atoms. The third-order valence-electron chi connectivity index (χ3n) is 5.67. The summed E-state index contributed by atoms with van der Waals surface area (Å²) in [6.45, 7) is 4.35. The first-order chi connectivity index (χ1) is 14.5. The molecular formula is C26H34O4. The Morgan fingerprint density at radius 1 is 0.667 bits per heavy atom. The number of hydrogen-bond donors (Lipinski definition) is 2. The Hall–Kier alpha value is -2.62. The van der Waals surface area contributed by atoms with E-state index in [-0.39, 0.29) is 5.56 Å². The molecule has 0 amide bonds. The van der Waals surface area contributed by atoms with Crippen molar-refractivity contribution in [2.24, 2.45) is 0 Å². The van der Waals surface area contributed by atoms with Gasteiger partial charge in [-0.25, -0.2) is 9.59 Å². The fraction of sp³-hybridized carbons (Fsp3) is 0.462. The van der Waals surface area contributed by atoms with Gasteiger partial charge >= 0.3 is 11.9 Å². The van der Waals surface area contributed by atoms with Gasteiger partial charge in [0.05, 0.1) is 11.1 Å². The van der Waals surface area contributed by atoms with Crippen molar-refractivity contribution < 1.29 is 19.8 Å². The predicted molar refractivity (Wildman–Crippen MR) is 121 cm³/mol. The van der Waals surface area contributed by atoms with E-state index >= 15 is 0 Å². The number of benzene rings is 2. The average Bonchev–Trinajstić information content (AvgIpc) is 2.74. The maximum Gasteiger partial charge on any atom is 0.335 e. The predicted octanol–water partition coefficient (Wildman–Crippen LogP) is 7.00. The van der Waals surface area contributed by atoms with Crippen LogP contribution in [-0.4, -0.2) is 22.2 Å². The second-order valence-corrected chi connectivity index (χ2v) is 7.93. The highest BCUT2D eigenvalue weighted by atomic mass is 16.4. The molecule has 0 heterocycles. The lowest BCUT2D eigenvalue weighted by atomic mass is 9.86. The smallest absolute Gasteiger partial charge is 0.335 e. The lowest BCUT2D eigenvalue weighted by Crippen LogP contribution is -2.08.